The summed E-state index contributed by atoms with van der Waals surface area (Å²) >= 11 is 1.54. The first-order chi connectivity index (χ1) is 11.4. The summed E-state index contributed by atoms with van der Waals surface area (Å²) in [6, 6.07) is 3.85. The van der Waals surface area contributed by atoms with Crippen LogP contribution in [0, 0.1) is 5.41 Å². The van der Waals surface area contributed by atoms with Gasteiger partial charge in [-0.05, 0) is 25.3 Å². The number of esters is 1. The first-order valence-corrected chi connectivity index (χ1v) is 8.11. The number of hydrogen-bond donors (Lipinski definition) is 2. The van der Waals surface area contributed by atoms with Gasteiger partial charge in [0.05, 0.1) is 22.2 Å². The number of rotatable bonds is 5. The van der Waals surface area contributed by atoms with Crippen molar-refractivity contribution in [2.45, 2.75) is 13.8 Å². The van der Waals surface area contributed by atoms with E-state index in [9.17, 15) is 9.59 Å². The summed E-state index contributed by atoms with van der Waals surface area (Å²) in [5.74, 6) is -1.11. The van der Waals surface area contributed by atoms with E-state index in [1.807, 2.05) is 17.5 Å². The summed E-state index contributed by atoms with van der Waals surface area (Å²) in [6.07, 6.45) is 3.15. The number of thiophene rings is 1. The third-order valence-corrected chi connectivity index (χ3v) is 4.50. The van der Waals surface area contributed by atoms with Crippen LogP contribution in [0.1, 0.15) is 24.2 Å². The molecule has 3 aromatic heterocycles. The lowest BCUT2D eigenvalue weighted by atomic mass is 9.94. The minimum absolute atomic E-state index is 0.105. The number of hydrogen-bond acceptors (Lipinski definition) is 6. The molecule has 8 heteroatoms. The number of amides is 1. The summed E-state index contributed by atoms with van der Waals surface area (Å²) in [5, 5.41) is 1.94. The van der Waals surface area contributed by atoms with Crippen LogP contribution in [0.4, 0.5) is 0 Å². The number of primary amides is 1. The van der Waals surface area contributed by atoms with Crippen LogP contribution in [0.15, 0.2) is 29.9 Å². The number of nitrogens with one attached hydrogen (secondary N) is 1. The Labute approximate surface area is 141 Å². The van der Waals surface area contributed by atoms with Crippen LogP contribution in [-0.2, 0) is 9.53 Å². The second-order valence-corrected chi connectivity index (χ2v) is 6.90. The van der Waals surface area contributed by atoms with Crippen molar-refractivity contribution in [3.05, 3.63) is 35.5 Å². The standard InChI is InChI=1S/C16H16N4O3S/c1-16(2,15(17)22)8-23-14(21)9-6-18-13-12(9)20-10(7-19-13)11-4-3-5-24-11/h3-7H,8H2,1-2H3,(H2,17,22)(H,18,19). The minimum atomic E-state index is -0.935. The summed E-state index contributed by atoms with van der Waals surface area (Å²) in [4.78, 5) is 36.3. The van der Waals surface area contributed by atoms with Crippen LogP contribution in [0.3, 0.4) is 0 Å². The normalized spacial score (nSPS) is 11.6. The molecule has 0 aromatic carbocycles. The Morgan fingerprint density at radius 3 is 2.88 bits per heavy atom. The number of H-pyrrole nitrogens is 1. The molecule has 3 aromatic rings. The van der Waals surface area contributed by atoms with E-state index >= 15 is 0 Å². The van der Waals surface area contributed by atoms with Crippen molar-refractivity contribution in [2.75, 3.05) is 6.61 Å². The maximum Gasteiger partial charge on any atom is 0.342 e. The van der Waals surface area contributed by atoms with Gasteiger partial charge in [-0.25, -0.2) is 14.8 Å². The lowest BCUT2D eigenvalue weighted by Crippen LogP contribution is -2.36. The zero-order valence-electron chi connectivity index (χ0n) is 13.2. The third kappa shape index (κ3) is 3.00. The molecule has 0 aliphatic carbocycles. The average molecular weight is 344 g/mol. The highest BCUT2D eigenvalue weighted by molar-refractivity contribution is 7.13. The van der Waals surface area contributed by atoms with Crippen LogP contribution >= 0.6 is 11.3 Å². The summed E-state index contributed by atoms with van der Waals surface area (Å²) in [6.45, 7) is 3.13. The number of aromatic nitrogens is 3. The molecule has 0 aliphatic rings. The highest BCUT2D eigenvalue weighted by Crippen LogP contribution is 2.25. The zero-order chi connectivity index (χ0) is 17.3. The molecule has 0 aliphatic heterocycles. The van der Waals surface area contributed by atoms with Gasteiger partial charge in [0.1, 0.15) is 17.7 Å². The van der Waals surface area contributed by atoms with E-state index < -0.39 is 17.3 Å². The first-order valence-electron chi connectivity index (χ1n) is 7.23. The fourth-order valence-corrected chi connectivity index (χ4v) is 2.66. The number of nitrogens with two attached hydrogens (primary N) is 1. The van der Waals surface area contributed by atoms with E-state index in [2.05, 4.69) is 15.0 Å². The van der Waals surface area contributed by atoms with Gasteiger partial charge in [0.25, 0.3) is 0 Å². The molecule has 0 radical (unpaired) electrons. The Morgan fingerprint density at radius 2 is 2.21 bits per heavy atom. The lowest BCUT2D eigenvalue weighted by molar-refractivity contribution is -0.127. The van der Waals surface area contributed by atoms with E-state index in [1.54, 1.807) is 20.0 Å². The molecule has 0 fully saturated rings. The van der Waals surface area contributed by atoms with Crippen LogP contribution in [0.25, 0.3) is 21.7 Å². The highest BCUT2D eigenvalue weighted by Gasteiger charge is 2.28. The monoisotopic (exact) mass is 344 g/mol. The van der Waals surface area contributed by atoms with Gasteiger partial charge in [-0.1, -0.05) is 6.07 Å². The Morgan fingerprint density at radius 1 is 1.42 bits per heavy atom. The van der Waals surface area contributed by atoms with Crippen molar-refractivity contribution in [1.29, 1.82) is 0 Å². The summed E-state index contributed by atoms with van der Waals surface area (Å²) < 4.78 is 5.23. The Balaban J connectivity index is 1.88. The van der Waals surface area contributed by atoms with Crippen molar-refractivity contribution in [1.82, 2.24) is 15.0 Å². The first kappa shape index (κ1) is 16.1. The van der Waals surface area contributed by atoms with Gasteiger partial charge < -0.3 is 15.5 Å². The quantitative estimate of drug-likeness (QED) is 0.690. The molecule has 0 atom stereocenters. The molecule has 0 spiro atoms. The molecule has 0 bridgehead atoms. The van der Waals surface area contributed by atoms with Gasteiger partial charge in [-0.2, -0.15) is 0 Å². The van der Waals surface area contributed by atoms with E-state index in [4.69, 9.17) is 10.5 Å². The van der Waals surface area contributed by atoms with Crippen LogP contribution in [-0.4, -0.2) is 33.4 Å². The minimum Gasteiger partial charge on any atom is -0.461 e. The number of aromatic amines is 1. The van der Waals surface area contributed by atoms with E-state index in [0.717, 1.165) is 4.88 Å². The van der Waals surface area contributed by atoms with Gasteiger partial charge in [-0.15, -0.1) is 11.3 Å². The molecule has 0 unspecified atom stereocenters. The Hall–Kier alpha value is -2.74. The molecule has 3 rings (SSSR count). The van der Waals surface area contributed by atoms with E-state index in [1.165, 1.54) is 17.5 Å². The van der Waals surface area contributed by atoms with Gasteiger partial charge >= 0.3 is 5.97 Å². The summed E-state index contributed by atoms with van der Waals surface area (Å²) in [5.41, 5.74) is 6.24. The van der Waals surface area contributed by atoms with Crippen LogP contribution < -0.4 is 5.73 Å². The zero-order valence-corrected chi connectivity index (χ0v) is 14.0. The molecule has 3 N–H and O–H groups in total. The van der Waals surface area contributed by atoms with Gasteiger partial charge in [0, 0.05) is 6.20 Å². The van der Waals surface area contributed by atoms with Crippen molar-refractivity contribution >= 4 is 34.4 Å². The Bertz CT molecular complexity index is 899. The van der Waals surface area contributed by atoms with Crippen molar-refractivity contribution in [2.24, 2.45) is 11.1 Å². The van der Waals surface area contributed by atoms with Crippen LogP contribution in [0.2, 0.25) is 0 Å². The Kier molecular flexibility index (Phi) is 4.06. The maximum atomic E-state index is 12.3. The van der Waals surface area contributed by atoms with Gasteiger partial charge in [0.2, 0.25) is 5.91 Å². The molecule has 1 amide bonds. The molecular weight excluding hydrogens is 328 g/mol. The molecule has 0 saturated heterocycles. The molecular formula is C16H16N4O3S. The fourth-order valence-electron chi connectivity index (χ4n) is 1.98. The van der Waals surface area contributed by atoms with E-state index in [0.29, 0.717) is 16.9 Å². The molecule has 0 saturated carbocycles. The van der Waals surface area contributed by atoms with Gasteiger partial charge in [-0.3, -0.25) is 4.79 Å². The predicted molar refractivity (Wildman–Crippen MR) is 90.5 cm³/mol. The molecule has 7 nitrogen and oxygen atoms in total. The smallest absolute Gasteiger partial charge is 0.342 e. The van der Waals surface area contributed by atoms with Crippen LogP contribution in [0.5, 0.6) is 0 Å². The number of fused-ring (bicyclic) bond motifs is 1. The third-order valence-electron chi connectivity index (χ3n) is 3.61. The molecule has 3 heterocycles. The molecule has 24 heavy (non-hydrogen) atoms. The number of nitrogens with zero attached hydrogens (tertiary/aromatic N) is 2. The lowest BCUT2D eigenvalue weighted by Gasteiger charge is -2.19. The average Bonchev–Trinajstić information content (AvgIpc) is 3.21. The van der Waals surface area contributed by atoms with Crippen molar-refractivity contribution in [3.63, 3.8) is 0 Å². The van der Waals surface area contributed by atoms with E-state index in [-0.39, 0.29) is 12.2 Å². The molecule has 124 valence electrons. The predicted octanol–water partition coefficient (Wildman–Crippen LogP) is 2.35. The number of carbonyl (C=O) groups excluding carboxylic acids is 2. The van der Waals surface area contributed by atoms with Gasteiger partial charge in [0.15, 0.2) is 5.65 Å². The summed E-state index contributed by atoms with van der Waals surface area (Å²) in [7, 11) is 0. The van der Waals surface area contributed by atoms with Crippen molar-refractivity contribution < 1.29 is 14.3 Å². The topological polar surface area (TPSA) is 111 Å². The second kappa shape index (κ2) is 6.04. The van der Waals surface area contributed by atoms with Crippen molar-refractivity contribution in [3.8, 4) is 10.6 Å². The highest BCUT2D eigenvalue weighted by atomic mass is 32.1. The second-order valence-electron chi connectivity index (χ2n) is 5.96. The number of ether oxygens (including phenoxy) is 1. The SMILES string of the molecule is CC(C)(COC(=O)c1c[nH]c2ncc(-c3cccs3)nc12)C(N)=O. The maximum absolute atomic E-state index is 12.3. The fraction of sp³-hybridized carbons (Fsp3) is 0.250. The number of carbonyl (C=O) groups is 2. The largest absolute Gasteiger partial charge is 0.461 e.